The van der Waals surface area contributed by atoms with E-state index in [1.54, 1.807) is 12.5 Å². The standard InChI is InChI=1S/C13H20N2O3/c1-13(2,3)18-12(16)15-11-6-10(11)14-7-9-4-5-17-8-9/h4-5,8,10-11,14H,6-7H2,1-3H3,(H,15,16). The molecule has 0 aliphatic heterocycles. The van der Waals surface area contributed by atoms with E-state index in [0.717, 1.165) is 18.5 Å². The van der Waals surface area contributed by atoms with Crippen LogP contribution < -0.4 is 10.6 Å². The molecule has 2 rings (SSSR count). The summed E-state index contributed by atoms with van der Waals surface area (Å²) in [6.07, 6.45) is 3.96. The zero-order valence-corrected chi connectivity index (χ0v) is 11.0. The van der Waals surface area contributed by atoms with E-state index >= 15 is 0 Å². The molecule has 2 atom stereocenters. The highest BCUT2D eigenvalue weighted by Gasteiger charge is 2.38. The molecule has 1 aliphatic rings. The Hall–Kier alpha value is -1.49. The molecule has 1 heterocycles. The van der Waals surface area contributed by atoms with Gasteiger partial charge in [-0.1, -0.05) is 0 Å². The highest BCUT2D eigenvalue weighted by Crippen LogP contribution is 2.22. The summed E-state index contributed by atoms with van der Waals surface area (Å²) in [5.74, 6) is 0. The van der Waals surface area contributed by atoms with Gasteiger partial charge in [0.05, 0.1) is 12.5 Å². The second-order valence-electron chi connectivity index (χ2n) is 5.61. The van der Waals surface area contributed by atoms with Crippen molar-refractivity contribution >= 4 is 6.09 Å². The molecule has 0 bridgehead atoms. The Kier molecular flexibility index (Phi) is 3.61. The summed E-state index contributed by atoms with van der Waals surface area (Å²) in [6.45, 7) is 6.32. The largest absolute Gasteiger partial charge is 0.472 e. The maximum atomic E-state index is 11.5. The van der Waals surface area contributed by atoms with Gasteiger partial charge in [-0.25, -0.2) is 4.79 Å². The van der Waals surface area contributed by atoms with Gasteiger partial charge in [0.2, 0.25) is 0 Å². The molecular weight excluding hydrogens is 232 g/mol. The Morgan fingerprint density at radius 1 is 1.50 bits per heavy atom. The molecule has 5 nitrogen and oxygen atoms in total. The quantitative estimate of drug-likeness (QED) is 0.860. The number of carbonyl (C=O) groups is 1. The minimum absolute atomic E-state index is 0.173. The molecule has 18 heavy (non-hydrogen) atoms. The average Bonchev–Trinajstić information content (AvgIpc) is 2.76. The first-order valence-corrected chi connectivity index (χ1v) is 6.18. The van der Waals surface area contributed by atoms with Crippen LogP contribution in [0, 0.1) is 0 Å². The van der Waals surface area contributed by atoms with E-state index < -0.39 is 5.60 Å². The van der Waals surface area contributed by atoms with E-state index in [1.807, 2.05) is 26.8 Å². The maximum Gasteiger partial charge on any atom is 0.407 e. The molecule has 1 aromatic heterocycles. The molecule has 0 aromatic carbocycles. The fourth-order valence-electron chi connectivity index (χ4n) is 1.68. The van der Waals surface area contributed by atoms with E-state index in [9.17, 15) is 4.79 Å². The number of carbonyl (C=O) groups excluding carboxylic acids is 1. The zero-order valence-electron chi connectivity index (χ0n) is 11.0. The van der Waals surface area contributed by atoms with Crippen molar-refractivity contribution in [3.05, 3.63) is 24.2 Å². The molecule has 1 fully saturated rings. The number of furan rings is 1. The van der Waals surface area contributed by atoms with Crippen LogP contribution in [0.15, 0.2) is 23.0 Å². The Morgan fingerprint density at radius 2 is 2.28 bits per heavy atom. The summed E-state index contributed by atoms with van der Waals surface area (Å²) in [6, 6.07) is 2.42. The van der Waals surface area contributed by atoms with Crippen LogP contribution in [0.4, 0.5) is 4.79 Å². The van der Waals surface area contributed by atoms with E-state index in [-0.39, 0.29) is 12.1 Å². The van der Waals surface area contributed by atoms with Gasteiger partial charge >= 0.3 is 6.09 Å². The lowest BCUT2D eigenvalue weighted by Gasteiger charge is -2.19. The van der Waals surface area contributed by atoms with Crippen LogP contribution in [0.3, 0.4) is 0 Å². The lowest BCUT2D eigenvalue weighted by atomic mass is 10.2. The summed E-state index contributed by atoms with van der Waals surface area (Å²) in [7, 11) is 0. The van der Waals surface area contributed by atoms with Crippen molar-refractivity contribution in [3.63, 3.8) is 0 Å². The first kappa shape index (κ1) is 13.0. The topological polar surface area (TPSA) is 63.5 Å². The molecule has 5 heteroatoms. The van der Waals surface area contributed by atoms with Crippen molar-refractivity contribution in [3.8, 4) is 0 Å². The van der Waals surface area contributed by atoms with E-state index in [4.69, 9.17) is 9.15 Å². The van der Waals surface area contributed by atoms with Crippen molar-refractivity contribution < 1.29 is 13.9 Å². The van der Waals surface area contributed by atoms with Crippen LogP contribution in [0.2, 0.25) is 0 Å². The maximum absolute atomic E-state index is 11.5. The molecule has 1 amide bonds. The number of amides is 1. The van der Waals surface area contributed by atoms with E-state index in [2.05, 4.69) is 10.6 Å². The zero-order chi connectivity index (χ0) is 13.2. The fourth-order valence-corrected chi connectivity index (χ4v) is 1.68. The van der Waals surface area contributed by atoms with Gasteiger partial charge in [-0.15, -0.1) is 0 Å². The minimum Gasteiger partial charge on any atom is -0.472 e. The third kappa shape index (κ3) is 4.07. The molecule has 2 N–H and O–H groups in total. The molecule has 100 valence electrons. The van der Waals surface area contributed by atoms with Gasteiger partial charge in [0, 0.05) is 24.2 Å². The smallest absolute Gasteiger partial charge is 0.407 e. The van der Waals surface area contributed by atoms with E-state index in [0.29, 0.717) is 6.04 Å². The van der Waals surface area contributed by atoms with Crippen molar-refractivity contribution in [2.24, 2.45) is 0 Å². The van der Waals surface area contributed by atoms with Crippen LogP contribution in [-0.4, -0.2) is 23.8 Å². The molecule has 0 saturated heterocycles. The van der Waals surface area contributed by atoms with Crippen molar-refractivity contribution in [2.45, 2.75) is 51.4 Å². The number of hydrogen-bond donors (Lipinski definition) is 2. The van der Waals surface area contributed by atoms with Gasteiger partial charge in [0.1, 0.15) is 5.60 Å². The lowest BCUT2D eigenvalue weighted by molar-refractivity contribution is 0.0522. The van der Waals surface area contributed by atoms with Gasteiger partial charge in [-0.2, -0.15) is 0 Å². The van der Waals surface area contributed by atoms with Crippen LogP contribution in [0.5, 0.6) is 0 Å². The average molecular weight is 252 g/mol. The summed E-state index contributed by atoms with van der Waals surface area (Å²) in [5.41, 5.74) is 0.663. The molecule has 2 unspecified atom stereocenters. The van der Waals surface area contributed by atoms with Crippen molar-refractivity contribution in [1.82, 2.24) is 10.6 Å². The number of nitrogens with one attached hydrogen (secondary N) is 2. The Bertz CT molecular complexity index is 395. The highest BCUT2D eigenvalue weighted by molar-refractivity contribution is 5.68. The van der Waals surface area contributed by atoms with E-state index in [1.165, 1.54) is 0 Å². The normalized spacial score (nSPS) is 22.6. The molecule has 1 aliphatic carbocycles. The summed E-state index contributed by atoms with van der Waals surface area (Å²) in [4.78, 5) is 11.5. The van der Waals surface area contributed by atoms with Crippen LogP contribution in [0.1, 0.15) is 32.8 Å². The minimum atomic E-state index is -0.446. The SMILES string of the molecule is CC(C)(C)OC(=O)NC1CC1NCc1ccoc1. The van der Waals surface area contributed by atoms with Crippen LogP contribution >= 0.6 is 0 Å². The Balaban J connectivity index is 1.64. The van der Waals surface area contributed by atoms with Crippen LogP contribution in [0.25, 0.3) is 0 Å². The Morgan fingerprint density at radius 3 is 2.89 bits per heavy atom. The third-order valence-corrected chi connectivity index (χ3v) is 2.64. The predicted molar refractivity (Wildman–Crippen MR) is 67.1 cm³/mol. The molecule has 1 aromatic rings. The molecule has 1 saturated carbocycles. The predicted octanol–water partition coefficient (Wildman–Crippen LogP) is 2.03. The lowest BCUT2D eigenvalue weighted by Crippen LogP contribution is -2.36. The van der Waals surface area contributed by atoms with Crippen molar-refractivity contribution in [2.75, 3.05) is 0 Å². The van der Waals surface area contributed by atoms with Crippen LogP contribution in [-0.2, 0) is 11.3 Å². The van der Waals surface area contributed by atoms with Gasteiger partial charge in [-0.3, -0.25) is 0 Å². The number of hydrogen-bond acceptors (Lipinski definition) is 4. The third-order valence-electron chi connectivity index (χ3n) is 2.64. The van der Waals surface area contributed by atoms with Gasteiger partial charge in [0.25, 0.3) is 0 Å². The van der Waals surface area contributed by atoms with Gasteiger partial charge < -0.3 is 19.8 Å². The summed E-state index contributed by atoms with van der Waals surface area (Å²) >= 11 is 0. The molecule has 0 spiro atoms. The first-order chi connectivity index (χ1) is 8.44. The summed E-state index contributed by atoms with van der Waals surface area (Å²) in [5, 5.41) is 6.19. The molecular formula is C13H20N2O3. The monoisotopic (exact) mass is 252 g/mol. The molecule has 0 radical (unpaired) electrons. The second kappa shape index (κ2) is 5.02. The number of alkyl carbamates (subject to hydrolysis) is 1. The number of rotatable bonds is 4. The fraction of sp³-hybridized carbons (Fsp3) is 0.615. The second-order valence-corrected chi connectivity index (χ2v) is 5.61. The first-order valence-electron chi connectivity index (χ1n) is 6.18. The van der Waals surface area contributed by atoms with Gasteiger partial charge in [0.15, 0.2) is 0 Å². The van der Waals surface area contributed by atoms with Gasteiger partial charge in [-0.05, 0) is 33.3 Å². The van der Waals surface area contributed by atoms with Crippen molar-refractivity contribution in [1.29, 1.82) is 0 Å². The Labute approximate surface area is 107 Å². The summed E-state index contributed by atoms with van der Waals surface area (Å²) < 4.78 is 10.2. The highest BCUT2D eigenvalue weighted by atomic mass is 16.6. The number of ether oxygens (including phenoxy) is 1.